The summed E-state index contributed by atoms with van der Waals surface area (Å²) in [6.07, 6.45) is 2.91. The first-order valence-electron chi connectivity index (χ1n) is 7.00. The van der Waals surface area contributed by atoms with Crippen molar-refractivity contribution in [3.05, 3.63) is 18.2 Å². The van der Waals surface area contributed by atoms with Crippen molar-refractivity contribution < 1.29 is 17.9 Å². The van der Waals surface area contributed by atoms with Crippen LogP contribution in [0.15, 0.2) is 23.1 Å². The van der Waals surface area contributed by atoms with Crippen LogP contribution in [0.2, 0.25) is 0 Å². The van der Waals surface area contributed by atoms with Gasteiger partial charge in [0, 0.05) is 18.5 Å². The maximum Gasteiger partial charge on any atom is 0.240 e. The minimum Gasteiger partial charge on any atom is -0.486 e. The predicted molar refractivity (Wildman–Crippen MR) is 79.6 cm³/mol. The lowest BCUT2D eigenvalue weighted by Gasteiger charge is -2.19. The lowest BCUT2D eigenvalue weighted by atomic mass is 10.1. The number of ether oxygens (including phenoxy) is 2. The molecule has 0 saturated heterocycles. The van der Waals surface area contributed by atoms with E-state index in [1.54, 1.807) is 6.07 Å². The molecule has 0 atom stereocenters. The van der Waals surface area contributed by atoms with Crippen molar-refractivity contribution in [2.45, 2.75) is 24.2 Å². The molecule has 116 valence electrons. The Hall–Kier alpha value is -0.980. The summed E-state index contributed by atoms with van der Waals surface area (Å²) in [5.41, 5.74) is 0.0582. The van der Waals surface area contributed by atoms with Crippen molar-refractivity contribution in [1.29, 1.82) is 0 Å². The normalized spacial score (nSPS) is 19.3. The number of rotatable bonds is 6. The molecule has 3 rings (SSSR count). The van der Waals surface area contributed by atoms with Gasteiger partial charge in [-0.25, -0.2) is 13.1 Å². The highest BCUT2D eigenvalue weighted by Crippen LogP contribution is 2.48. The van der Waals surface area contributed by atoms with Crippen LogP contribution in [0.5, 0.6) is 11.5 Å². The SMILES string of the molecule is O=S(=O)(NCC1(CCCl)CC1)c1ccc2c(c1)OCCO2. The molecule has 0 aromatic heterocycles. The Kier molecular flexibility index (Phi) is 4.03. The molecule has 1 aliphatic heterocycles. The Bertz CT molecular complexity index is 628. The highest BCUT2D eigenvalue weighted by atomic mass is 35.5. The first-order valence-corrected chi connectivity index (χ1v) is 9.02. The summed E-state index contributed by atoms with van der Waals surface area (Å²) in [5, 5.41) is 0. The van der Waals surface area contributed by atoms with E-state index in [0.717, 1.165) is 19.3 Å². The summed E-state index contributed by atoms with van der Waals surface area (Å²) in [5.74, 6) is 1.62. The second-order valence-corrected chi connectivity index (χ2v) is 7.71. The number of nitrogens with one attached hydrogen (secondary N) is 1. The Balaban J connectivity index is 1.73. The fraction of sp³-hybridized carbons (Fsp3) is 0.571. The van der Waals surface area contributed by atoms with Crippen molar-refractivity contribution in [3.8, 4) is 11.5 Å². The van der Waals surface area contributed by atoms with Gasteiger partial charge < -0.3 is 9.47 Å². The van der Waals surface area contributed by atoms with E-state index >= 15 is 0 Å². The summed E-state index contributed by atoms with van der Waals surface area (Å²) in [6.45, 7) is 1.36. The molecule has 1 fully saturated rings. The zero-order valence-electron chi connectivity index (χ0n) is 11.6. The third-order valence-corrected chi connectivity index (χ3v) is 5.63. The van der Waals surface area contributed by atoms with E-state index in [4.69, 9.17) is 21.1 Å². The van der Waals surface area contributed by atoms with E-state index in [9.17, 15) is 8.42 Å². The van der Waals surface area contributed by atoms with E-state index in [1.165, 1.54) is 12.1 Å². The molecule has 0 bridgehead atoms. The van der Waals surface area contributed by atoms with Crippen LogP contribution < -0.4 is 14.2 Å². The van der Waals surface area contributed by atoms with Gasteiger partial charge in [-0.3, -0.25) is 0 Å². The average molecular weight is 332 g/mol. The molecule has 1 aliphatic carbocycles. The summed E-state index contributed by atoms with van der Waals surface area (Å²) >= 11 is 5.76. The number of benzene rings is 1. The van der Waals surface area contributed by atoms with Gasteiger partial charge >= 0.3 is 0 Å². The molecule has 21 heavy (non-hydrogen) atoms. The molecule has 0 unspecified atom stereocenters. The largest absolute Gasteiger partial charge is 0.486 e. The predicted octanol–water partition coefficient (Wildman–Crippen LogP) is 2.15. The molecule has 2 aliphatic rings. The molecular weight excluding hydrogens is 314 g/mol. The standard InChI is InChI=1S/C14H18ClNO4S/c15-6-5-14(3-4-14)10-16-21(17,18)11-1-2-12-13(9-11)20-8-7-19-12/h1-2,9,16H,3-8,10H2. The molecular formula is C14H18ClNO4S. The van der Waals surface area contributed by atoms with Gasteiger partial charge in [0.2, 0.25) is 10.0 Å². The van der Waals surface area contributed by atoms with Crippen molar-refractivity contribution in [2.75, 3.05) is 25.6 Å². The highest BCUT2D eigenvalue weighted by Gasteiger charge is 2.42. The summed E-state index contributed by atoms with van der Waals surface area (Å²) in [6, 6.07) is 4.68. The molecule has 0 amide bonds. The molecule has 1 aromatic rings. The van der Waals surface area contributed by atoms with Gasteiger partial charge in [-0.05, 0) is 36.8 Å². The number of fused-ring (bicyclic) bond motifs is 1. The zero-order valence-corrected chi connectivity index (χ0v) is 13.2. The van der Waals surface area contributed by atoms with Crippen molar-refractivity contribution >= 4 is 21.6 Å². The minimum absolute atomic E-state index is 0.0582. The lowest BCUT2D eigenvalue weighted by molar-refractivity contribution is 0.171. The van der Waals surface area contributed by atoms with Gasteiger partial charge in [-0.15, -0.1) is 11.6 Å². The van der Waals surface area contributed by atoms with Crippen molar-refractivity contribution in [3.63, 3.8) is 0 Å². The Labute approximate surface area is 129 Å². The number of hydrogen-bond acceptors (Lipinski definition) is 4. The quantitative estimate of drug-likeness (QED) is 0.811. The molecule has 1 aromatic carbocycles. The second-order valence-electron chi connectivity index (χ2n) is 5.57. The van der Waals surface area contributed by atoms with E-state index < -0.39 is 10.0 Å². The number of sulfonamides is 1. The van der Waals surface area contributed by atoms with E-state index in [2.05, 4.69) is 4.72 Å². The van der Waals surface area contributed by atoms with Gasteiger partial charge in [-0.1, -0.05) is 0 Å². The summed E-state index contributed by atoms with van der Waals surface area (Å²) < 4.78 is 38.2. The topological polar surface area (TPSA) is 64.6 Å². The second kappa shape index (κ2) is 5.66. The van der Waals surface area contributed by atoms with Crippen LogP contribution in [0, 0.1) is 5.41 Å². The summed E-state index contributed by atoms with van der Waals surface area (Å²) in [7, 11) is -3.53. The molecule has 0 radical (unpaired) electrons. The van der Waals surface area contributed by atoms with Crippen LogP contribution in [-0.4, -0.2) is 34.1 Å². The van der Waals surface area contributed by atoms with Crippen LogP contribution >= 0.6 is 11.6 Å². The zero-order chi connectivity index (χ0) is 14.9. The van der Waals surface area contributed by atoms with Gasteiger partial charge in [0.05, 0.1) is 4.90 Å². The van der Waals surface area contributed by atoms with Crippen LogP contribution in [-0.2, 0) is 10.0 Å². The van der Waals surface area contributed by atoms with Gasteiger partial charge in [0.1, 0.15) is 13.2 Å². The molecule has 0 spiro atoms. The fourth-order valence-corrected chi connectivity index (χ4v) is 3.99. The highest BCUT2D eigenvalue weighted by molar-refractivity contribution is 7.89. The molecule has 1 heterocycles. The van der Waals surface area contributed by atoms with Crippen LogP contribution in [0.25, 0.3) is 0 Å². The summed E-state index contributed by atoms with van der Waals surface area (Å²) in [4.78, 5) is 0.202. The third kappa shape index (κ3) is 3.27. The van der Waals surface area contributed by atoms with E-state index in [-0.39, 0.29) is 10.3 Å². The monoisotopic (exact) mass is 331 g/mol. The van der Waals surface area contributed by atoms with E-state index in [0.29, 0.717) is 37.1 Å². The Morgan fingerprint density at radius 2 is 1.90 bits per heavy atom. The lowest BCUT2D eigenvalue weighted by Crippen LogP contribution is -2.30. The maximum absolute atomic E-state index is 12.4. The smallest absolute Gasteiger partial charge is 0.240 e. The minimum atomic E-state index is -3.53. The average Bonchev–Trinajstić information content (AvgIpc) is 3.25. The molecule has 5 nitrogen and oxygen atoms in total. The van der Waals surface area contributed by atoms with E-state index in [1.807, 2.05) is 0 Å². The van der Waals surface area contributed by atoms with Crippen molar-refractivity contribution in [1.82, 2.24) is 4.72 Å². The first-order chi connectivity index (χ1) is 10.0. The fourth-order valence-electron chi connectivity index (χ4n) is 2.41. The van der Waals surface area contributed by atoms with Gasteiger partial charge in [-0.2, -0.15) is 0 Å². The Morgan fingerprint density at radius 1 is 1.19 bits per heavy atom. The first kappa shape index (κ1) is 14.9. The number of alkyl halides is 1. The molecule has 1 saturated carbocycles. The molecule has 7 heteroatoms. The molecule has 1 N–H and O–H groups in total. The van der Waals surface area contributed by atoms with Gasteiger partial charge in [0.15, 0.2) is 11.5 Å². The van der Waals surface area contributed by atoms with Crippen LogP contribution in [0.1, 0.15) is 19.3 Å². The van der Waals surface area contributed by atoms with Gasteiger partial charge in [0.25, 0.3) is 0 Å². The number of halogens is 1. The Morgan fingerprint density at radius 3 is 2.57 bits per heavy atom. The third-order valence-electron chi connectivity index (χ3n) is 4.04. The van der Waals surface area contributed by atoms with Crippen LogP contribution in [0.4, 0.5) is 0 Å². The van der Waals surface area contributed by atoms with Crippen molar-refractivity contribution in [2.24, 2.45) is 5.41 Å². The van der Waals surface area contributed by atoms with Crippen LogP contribution in [0.3, 0.4) is 0 Å². The maximum atomic E-state index is 12.4. The number of hydrogen-bond donors (Lipinski definition) is 1.